The number of hydrogen-bond donors (Lipinski definition) is 0. The van der Waals surface area contributed by atoms with Crippen molar-refractivity contribution in [3.63, 3.8) is 0 Å². The molecule has 0 aliphatic rings. The van der Waals surface area contributed by atoms with Crippen LogP contribution in [0.2, 0.25) is 0 Å². The Hall–Kier alpha value is -0.753. The fourth-order valence-electron chi connectivity index (χ4n) is 1.30. The van der Waals surface area contributed by atoms with Crippen molar-refractivity contribution in [1.29, 1.82) is 0 Å². The quantitative estimate of drug-likeness (QED) is 0.549. The fraction of sp³-hybridized carbons (Fsp3) is 0.500. The van der Waals surface area contributed by atoms with Crippen molar-refractivity contribution >= 4 is 8.80 Å². The van der Waals surface area contributed by atoms with Gasteiger partial charge in [0.05, 0.1) is 0 Å². The molecule has 0 aliphatic heterocycles. The van der Waals surface area contributed by atoms with Gasteiger partial charge in [0.15, 0.2) is 12.4 Å². The summed E-state index contributed by atoms with van der Waals surface area (Å²) in [4.78, 5) is 0. The van der Waals surface area contributed by atoms with Crippen molar-refractivity contribution in [1.82, 2.24) is 0 Å². The molecule has 5 heteroatoms. The zero-order valence-electron chi connectivity index (χ0n) is 9.69. The molecule has 0 atom stereocenters. The third-order valence-electron chi connectivity index (χ3n) is 2.37. The molecule has 0 fully saturated rings. The summed E-state index contributed by atoms with van der Waals surface area (Å²) >= 11 is 0. The summed E-state index contributed by atoms with van der Waals surface area (Å²) in [7, 11) is 2.34. The Labute approximate surface area is 91.8 Å². The first-order valence-corrected chi connectivity index (χ1v) is 6.70. The predicted molar refractivity (Wildman–Crippen MR) is 58.2 cm³/mol. The van der Waals surface area contributed by atoms with Crippen molar-refractivity contribution in [3.8, 4) is 0 Å². The van der Waals surface area contributed by atoms with E-state index in [0.717, 1.165) is 0 Å². The summed E-state index contributed by atoms with van der Waals surface area (Å²) in [6.07, 6.45) is 4.61. The lowest BCUT2D eigenvalue weighted by atomic mass is 10.3. The second-order valence-corrected chi connectivity index (χ2v) is 6.25. The lowest BCUT2D eigenvalue weighted by molar-refractivity contribution is -0.685. The van der Waals surface area contributed by atoms with Gasteiger partial charge in [-0.25, -0.2) is 4.57 Å². The second-order valence-electron chi connectivity index (χ2n) is 3.34. The van der Waals surface area contributed by atoms with Gasteiger partial charge >= 0.3 is 8.80 Å². The third-order valence-corrected chi connectivity index (χ3v) is 4.99. The average molecular weight is 228 g/mol. The van der Waals surface area contributed by atoms with Gasteiger partial charge in [0.25, 0.3) is 0 Å². The number of aromatic nitrogens is 1. The first-order valence-electron chi connectivity index (χ1n) is 4.77. The van der Waals surface area contributed by atoms with Crippen LogP contribution < -0.4 is 4.57 Å². The largest absolute Gasteiger partial charge is 0.569 e. The van der Waals surface area contributed by atoms with Gasteiger partial charge in [-0.05, 0) is 12.5 Å². The van der Waals surface area contributed by atoms with Crippen LogP contribution in [-0.2, 0) is 19.4 Å². The Balaban J connectivity index is 2.78. The van der Waals surface area contributed by atoms with Gasteiger partial charge in [-0.2, -0.15) is 0 Å². The molecular formula is C10H18NO3Si+. The normalized spacial score (nSPS) is 11.7. The van der Waals surface area contributed by atoms with Gasteiger partial charge in [0.2, 0.25) is 6.17 Å². The summed E-state index contributed by atoms with van der Waals surface area (Å²) in [5.74, 6) is 0. The van der Waals surface area contributed by atoms with E-state index in [1.807, 2.05) is 29.1 Å². The Morgan fingerprint density at radius 1 is 1.07 bits per heavy atom. The monoisotopic (exact) mass is 228 g/mol. The smallest absolute Gasteiger partial charge is 0.373 e. The molecule has 0 spiro atoms. The molecule has 15 heavy (non-hydrogen) atoms. The van der Waals surface area contributed by atoms with Crippen LogP contribution in [0.15, 0.2) is 24.5 Å². The second kappa shape index (κ2) is 5.36. The van der Waals surface area contributed by atoms with E-state index in [2.05, 4.69) is 6.92 Å². The number of hydrogen-bond acceptors (Lipinski definition) is 3. The molecule has 0 radical (unpaired) electrons. The summed E-state index contributed by atoms with van der Waals surface area (Å²) in [6, 6.07) is 4.08. The van der Waals surface area contributed by atoms with E-state index in [-0.39, 0.29) is 0 Å². The molecule has 0 saturated heterocycles. The molecule has 0 saturated carbocycles. The Morgan fingerprint density at radius 3 is 1.93 bits per heavy atom. The molecule has 0 amide bonds. The van der Waals surface area contributed by atoms with Crippen molar-refractivity contribution < 1.29 is 17.8 Å². The summed E-state index contributed by atoms with van der Waals surface area (Å²) in [5, 5.41) is 0. The van der Waals surface area contributed by atoms with Gasteiger partial charge in [-0.1, -0.05) is 0 Å². The van der Waals surface area contributed by atoms with Crippen LogP contribution in [0.3, 0.4) is 0 Å². The first-order chi connectivity index (χ1) is 7.15. The summed E-state index contributed by atoms with van der Waals surface area (Å²) in [6.45, 7) is 2.05. The molecular weight excluding hydrogens is 210 g/mol. The summed E-state index contributed by atoms with van der Waals surface area (Å²) in [5.41, 5.74) is 1.23. The van der Waals surface area contributed by atoms with Crippen LogP contribution in [0.1, 0.15) is 5.56 Å². The number of pyridine rings is 1. The molecule has 84 valence electrons. The minimum Gasteiger partial charge on any atom is -0.373 e. The molecule has 1 aromatic rings. The van der Waals surface area contributed by atoms with E-state index >= 15 is 0 Å². The lowest BCUT2D eigenvalue weighted by Crippen LogP contribution is -2.56. The van der Waals surface area contributed by atoms with Gasteiger partial charge < -0.3 is 13.3 Å². The van der Waals surface area contributed by atoms with Crippen LogP contribution in [-0.4, -0.2) is 30.1 Å². The maximum atomic E-state index is 5.34. The lowest BCUT2D eigenvalue weighted by Gasteiger charge is -2.20. The highest BCUT2D eigenvalue weighted by atomic mass is 28.4. The van der Waals surface area contributed by atoms with Gasteiger partial charge in [0.1, 0.15) is 0 Å². The molecule has 1 heterocycles. The maximum absolute atomic E-state index is 5.34. The number of rotatable bonds is 5. The van der Waals surface area contributed by atoms with Crippen LogP contribution in [0, 0.1) is 6.92 Å². The third kappa shape index (κ3) is 3.10. The highest BCUT2D eigenvalue weighted by Gasteiger charge is 2.43. The van der Waals surface area contributed by atoms with Crippen LogP contribution in [0.5, 0.6) is 0 Å². The van der Waals surface area contributed by atoms with Crippen LogP contribution in [0.4, 0.5) is 0 Å². The van der Waals surface area contributed by atoms with Crippen molar-refractivity contribution in [2.75, 3.05) is 21.3 Å². The van der Waals surface area contributed by atoms with Crippen molar-refractivity contribution in [2.45, 2.75) is 13.1 Å². The van der Waals surface area contributed by atoms with Gasteiger partial charge in [0, 0.05) is 33.5 Å². The average Bonchev–Trinajstić information content (AvgIpc) is 2.29. The molecule has 0 N–H and O–H groups in total. The van der Waals surface area contributed by atoms with Crippen LogP contribution in [0.25, 0.3) is 0 Å². The van der Waals surface area contributed by atoms with E-state index in [4.69, 9.17) is 13.3 Å². The van der Waals surface area contributed by atoms with Crippen molar-refractivity contribution in [3.05, 3.63) is 30.1 Å². The van der Waals surface area contributed by atoms with Crippen LogP contribution >= 0.6 is 0 Å². The highest BCUT2D eigenvalue weighted by molar-refractivity contribution is 6.58. The first kappa shape index (κ1) is 12.3. The van der Waals surface area contributed by atoms with E-state index in [1.54, 1.807) is 21.3 Å². The van der Waals surface area contributed by atoms with E-state index < -0.39 is 8.80 Å². The molecule has 1 rings (SSSR count). The van der Waals surface area contributed by atoms with E-state index in [0.29, 0.717) is 6.17 Å². The van der Waals surface area contributed by atoms with Gasteiger partial charge in [-0.15, -0.1) is 0 Å². The van der Waals surface area contributed by atoms with E-state index in [1.165, 1.54) is 5.56 Å². The molecule has 0 unspecified atom stereocenters. The van der Waals surface area contributed by atoms with Crippen molar-refractivity contribution in [2.24, 2.45) is 0 Å². The Morgan fingerprint density at radius 2 is 1.53 bits per heavy atom. The van der Waals surface area contributed by atoms with Gasteiger partial charge in [-0.3, -0.25) is 0 Å². The minimum atomic E-state index is -2.51. The molecule has 0 bridgehead atoms. The molecule has 0 aromatic carbocycles. The predicted octanol–water partition coefficient (Wildman–Crippen LogP) is 0.700. The minimum absolute atomic E-state index is 0.622. The molecule has 0 aliphatic carbocycles. The standard InChI is InChI=1S/C10H18NO3Si/c1-10-5-7-11(8-6-10)9-15(12-2,13-3)14-4/h5-8H,9H2,1-4H3/q+1. The zero-order valence-corrected chi connectivity index (χ0v) is 10.7. The number of nitrogens with zero attached hydrogens (tertiary/aromatic N) is 1. The Kier molecular flexibility index (Phi) is 4.40. The topological polar surface area (TPSA) is 31.6 Å². The fourth-order valence-corrected chi connectivity index (χ4v) is 2.85. The summed E-state index contributed by atoms with van der Waals surface area (Å²) < 4.78 is 18.0. The SMILES string of the molecule is CO[Si](C[n+]1ccc(C)cc1)(OC)OC. The zero-order chi connectivity index (χ0) is 11.3. The molecule has 4 nitrogen and oxygen atoms in total. The number of aryl methyl sites for hydroxylation is 1. The highest BCUT2D eigenvalue weighted by Crippen LogP contribution is 2.05. The molecule has 1 aromatic heterocycles. The Bertz CT molecular complexity index is 290. The van der Waals surface area contributed by atoms with E-state index in [9.17, 15) is 0 Å². The maximum Gasteiger partial charge on any atom is 0.569 e.